The summed E-state index contributed by atoms with van der Waals surface area (Å²) >= 11 is 2.28. The standard InChI is InChI=1S/C40H29F5N8O4S2/c1-52(27-4-7-35-31(18-27)48-50-58-35)39(56)33(13-20-9-23(41)16-24(42)10-20)46-37(54)22-3-6-30(45)29(15-22)38(55)47-34(14-21-11-25(43)17-26(44)12-21)40(57)53(2)28-5-8-36-32(19-28)49-51-59-36/h3-12,15-19,33-34H,13-14H2,1-2H3,(H,46,54)(H,47,55)/t33-,34-/m0/s1. The van der Waals surface area contributed by atoms with Crippen molar-refractivity contribution >= 4 is 78.5 Å². The number of hydrogen-bond acceptors (Lipinski definition) is 10. The third-order valence-electron chi connectivity index (χ3n) is 9.30. The van der Waals surface area contributed by atoms with Gasteiger partial charge in [0, 0.05) is 56.0 Å². The average Bonchev–Trinajstić information content (AvgIpc) is 3.88. The molecule has 5 aromatic carbocycles. The number of nitrogens with zero attached hydrogens (tertiary/aromatic N) is 6. The number of carbonyl (C=O) groups excluding carboxylic acids is 4. The van der Waals surface area contributed by atoms with Crippen LogP contribution in [-0.2, 0) is 22.4 Å². The van der Waals surface area contributed by atoms with Crippen molar-refractivity contribution < 1.29 is 41.1 Å². The summed E-state index contributed by atoms with van der Waals surface area (Å²) in [6, 6.07) is 14.9. The Bertz CT molecular complexity index is 2730. The maximum atomic E-state index is 15.4. The number of fused-ring (bicyclic) bond motifs is 2. The molecule has 2 heterocycles. The summed E-state index contributed by atoms with van der Waals surface area (Å²) in [7, 11) is 2.83. The lowest BCUT2D eigenvalue weighted by Crippen LogP contribution is -2.49. The fourth-order valence-electron chi connectivity index (χ4n) is 6.33. The zero-order chi connectivity index (χ0) is 42.0. The number of benzene rings is 5. The van der Waals surface area contributed by atoms with Gasteiger partial charge in [-0.1, -0.05) is 8.98 Å². The van der Waals surface area contributed by atoms with Crippen LogP contribution in [0, 0.1) is 29.1 Å². The Hall–Kier alpha value is -6.73. The van der Waals surface area contributed by atoms with Crippen molar-refractivity contribution in [3.63, 3.8) is 0 Å². The number of amides is 4. The van der Waals surface area contributed by atoms with Gasteiger partial charge in [-0.05, 0) is 113 Å². The smallest absolute Gasteiger partial charge is 0.254 e. The molecule has 2 N–H and O–H groups in total. The van der Waals surface area contributed by atoms with Crippen molar-refractivity contribution in [2.24, 2.45) is 0 Å². The van der Waals surface area contributed by atoms with Crippen LogP contribution in [0.4, 0.5) is 33.3 Å². The second kappa shape index (κ2) is 17.0. The van der Waals surface area contributed by atoms with Crippen molar-refractivity contribution in [1.29, 1.82) is 0 Å². The van der Waals surface area contributed by atoms with E-state index in [1.807, 2.05) is 0 Å². The second-order valence-corrected chi connectivity index (χ2v) is 14.9. The fraction of sp³-hybridized carbons (Fsp3) is 0.150. The van der Waals surface area contributed by atoms with Gasteiger partial charge in [0.05, 0.1) is 15.0 Å². The molecule has 300 valence electrons. The first-order valence-corrected chi connectivity index (χ1v) is 19.1. The number of likely N-dealkylation sites (N-methyl/N-ethyl adjacent to an activating group) is 2. The van der Waals surface area contributed by atoms with Crippen LogP contribution in [0.5, 0.6) is 0 Å². The van der Waals surface area contributed by atoms with Gasteiger partial charge in [0.15, 0.2) is 0 Å². The average molecular weight is 845 g/mol. The highest BCUT2D eigenvalue weighted by Gasteiger charge is 2.30. The van der Waals surface area contributed by atoms with E-state index in [9.17, 15) is 36.7 Å². The molecule has 4 amide bonds. The monoisotopic (exact) mass is 844 g/mol. The Morgan fingerprint density at radius 1 is 0.576 bits per heavy atom. The molecule has 0 aliphatic carbocycles. The molecule has 7 rings (SSSR count). The minimum absolute atomic E-state index is 0.00401. The molecule has 2 aromatic heterocycles. The zero-order valence-corrected chi connectivity index (χ0v) is 32.4. The molecule has 0 radical (unpaired) electrons. The molecule has 19 heteroatoms. The van der Waals surface area contributed by atoms with Gasteiger partial charge in [0.2, 0.25) is 11.8 Å². The number of carbonyl (C=O) groups is 4. The summed E-state index contributed by atoms with van der Waals surface area (Å²) in [5.74, 6) is -8.34. The van der Waals surface area contributed by atoms with Crippen LogP contribution in [-0.4, -0.2) is 69.0 Å². The van der Waals surface area contributed by atoms with E-state index in [1.165, 1.54) is 23.9 Å². The molecule has 0 fully saturated rings. The molecule has 0 aliphatic heterocycles. The van der Waals surface area contributed by atoms with E-state index in [-0.39, 0.29) is 23.1 Å². The first-order valence-electron chi connectivity index (χ1n) is 17.5. The van der Waals surface area contributed by atoms with E-state index in [0.717, 1.165) is 74.9 Å². The molecular weight excluding hydrogens is 816 g/mol. The predicted molar refractivity (Wildman–Crippen MR) is 211 cm³/mol. The largest absolute Gasteiger partial charge is 0.340 e. The number of hydrogen-bond donors (Lipinski definition) is 2. The Morgan fingerprint density at radius 2 is 1.02 bits per heavy atom. The zero-order valence-electron chi connectivity index (χ0n) is 30.8. The van der Waals surface area contributed by atoms with Gasteiger partial charge in [0.25, 0.3) is 11.8 Å². The number of rotatable bonds is 12. The molecule has 7 aromatic rings. The Balaban J connectivity index is 1.15. The van der Waals surface area contributed by atoms with Gasteiger partial charge in [-0.3, -0.25) is 19.2 Å². The van der Waals surface area contributed by atoms with Gasteiger partial charge >= 0.3 is 0 Å². The SMILES string of the molecule is CN(C(=O)[C@H](Cc1cc(F)cc(F)c1)NC(=O)c1ccc(F)c(C(=O)N[C@@H](Cc2cc(F)cc(F)c2)C(=O)N(C)c2ccc3snnc3c2)c1)c1ccc2snnc2c1. The van der Waals surface area contributed by atoms with E-state index < -0.39 is 76.8 Å². The maximum Gasteiger partial charge on any atom is 0.254 e. The summed E-state index contributed by atoms with van der Waals surface area (Å²) in [5, 5.41) is 13.0. The van der Waals surface area contributed by atoms with Crippen molar-refractivity contribution in [1.82, 2.24) is 29.8 Å². The highest BCUT2D eigenvalue weighted by atomic mass is 32.1. The van der Waals surface area contributed by atoms with E-state index in [4.69, 9.17) is 0 Å². The fourth-order valence-corrected chi connectivity index (χ4v) is 7.40. The highest BCUT2D eigenvalue weighted by molar-refractivity contribution is 7.13. The maximum absolute atomic E-state index is 15.4. The predicted octanol–water partition coefficient (Wildman–Crippen LogP) is 6.40. The first kappa shape index (κ1) is 40.5. The lowest BCUT2D eigenvalue weighted by Gasteiger charge is -2.26. The summed E-state index contributed by atoms with van der Waals surface area (Å²) in [5.41, 5.74) is 0.777. The van der Waals surface area contributed by atoms with Crippen molar-refractivity contribution in [3.05, 3.63) is 142 Å². The Labute approximate surface area is 339 Å². The molecule has 0 saturated heterocycles. The molecule has 59 heavy (non-hydrogen) atoms. The van der Waals surface area contributed by atoms with Gasteiger partial charge in [0.1, 0.15) is 52.2 Å². The molecule has 0 unspecified atom stereocenters. The quantitative estimate of drug-likeness (QED) is 0.134. The molecule has 0 aliphatic rings. The van der Waals surface area contributed by atoms with Crippen LogP contribution in [0.2, 0.25) is 0 Å². The Kier molecular flexibility index (Phi) is 11.7. The van der Waals surface area contributed by atoms with Crippen molar-refractivity contribution in [3.8, 4) is 0 Å². The topological polar surface area (TPSA) is 150 Å². The van der Waals surface area contributed by atoms with Crippen LogP contribution in [0.3, 0.4) is 0 Å². The summed E-state index contributed by atoms with van der Waals surface area (Å²) in [4.78, 5) is 57.9. The number of aromatic nitrogens is 4. The number of nitrogens with one attached hydrogen (secondary N) is 2. The van der Waals surface area contributed by atoms with E-state index in [0.29, 0.717) is 34.5 Å². The third kappa shape index (κ3) is 9.21. The van der Waals surface area contributed by atoms with Gasteiger partial charge in [-0.2, -0.15) is 0 Å². The number of halogens is 5. The number of anilines is 2. The lowest BCUT2D eigenvalue weighted by molar-refractivity contribution is -0.120. The van der Waals surface area contributed by atoms with Crippen LogP contribution in [0.25, 0.3) is 20.4 Å². The minimum Gasteiger partial charge on any atom is -0.340 e. The third-order valence-corrected chi connectivity index (χ3v) is 10.7. The molecular formula is C40H29F5N8O4S2. The lowest BCUT2D eigenvalue weighted by atomic mass is 10.0. The van der Waals surface area contributed by atoms with Crippen LogP contribution < -0.4 is 20.4 Å². The van der Waals surface area contributed by atoms with E-state index >= 15 is 4.39 Å². The molecule has 0 spiro atoms. The second-order valence-electron chi connectivity index (χ2n) is 13.4. The van der Waals surface area contributed by atoms with Crippen LogP contribution in [0.15, 0.2) is 91.0 Å². The molecule has 12 nitrogen and oxygen atoms in total. The summed E-state index contributed by atoms with van der Waals surface area (Å²) < 4.78 is 81.5. The summed E-state index contributed by atoms with van der Waals surface area (Å²) in [6.45, 7) is 0. The minimum atomic E-state index is -1.52. The van der Waals surface area contributed by atoms with Crippen molar-refractivity contribution in [2.45, 2.75) is 24.9 Å². The van der Waals surface area contributed by atoms with Gasteiger partial charge in [-0.25, -0.2) is 22.0 Å². The Morgan fingerprint density at radius 3 is 1.47 bits per heavy atom. The van der Waals surface area contributed by atoms with Crippen LogP contribution >= 0.6 is 23.1 Å². The highest BCUT2D eigenvalue weighted by Crippen LogP contribution is 2.25. The molecule has 0 bridgehead atoms. The van der Waals surface area contributed by atoms with E-state index in [2.05, 4.69) is 29.8 Å². The van der Waals surface area contributed by atoms with Crippen LogP contribution in [0.1, 0.15) is 31.8 Å². The van der Waals surface area contributed by atoms with E-state index in [1.54, 1.807) is 36.4 Å². The van der Waals surface area contributed by atoms with Gasteiger partial charge < -0.3 is 20.4 Å². The summed E-state index contributed by atoms with van der Waals surface area (Å²) in [6.07, 6.45) is -0.793. The molecule has 2 atom stereocenters. The first-order chi connectivity index (χ1) is 28.2. The normalized spacial score (nSPS) is 12.3. The van der Waals surface area contributed by atoms with Gasteiger partial charge in [-0.15, -0.1) is 10.2 Å². The van der Waals surface area contributed by atoms with Crippen molar-refractivity contribution in [2.75, 3.05) is 23.9 Å². The molecule has 0 saturated carbocycles.